The summed E-state index contributed by atoms with van der Waals surface area (Å²) in [6, 6.07) is 11.7. The molecule has 1 aromatic carbocycles. The van der Waals surface area contributed by atoms with Crippen LogP contribution in [0.25, 0.3) is 0 Å². The number of nitriles is 1. The second-order valence-corrected chi connectivity index (χ2v) is 4.71. The average Bonchev–Trinajstić information content (AvgIpc) is 2.39. The Bertz CT molecular complexity index is 574. The number of rotatable bonds is 3. The molecule has 2 aromatic rings. The zero-order valence-electron chi connectivity index (χ0n) is 9.76. The van der Waals surface area contributed by atoms with Crippen molar-refractivity contribution in [3.63, 3.8) is 0 Å². The van der Waals surface area contributed by atoms with Crippen molar-refractivity contribution in [2.75, 3.05) is 5.32 Å². The van der Waals surface area contributed by atoms with Crippen molar-refractivity contribution < 1.29 is 0 Å². The van der Waals surface area contributed by atoms with E-state index in [0.717, 1.165) is 10.0 Å². The van der Waals surface area contributed by atoms with Gasteiger partial charge in [-0.05, 0) is 30.7 Å². The van der Waals surface area contributed by atoms with E-state index in [-0.39, 0.29) is 6.04 Å². The van der Waals surface area contributed by atoms with E-state index in [1.165, 1.54) is 0 Å². The molecule has 1 heterocycles. The first-order valence-electron chi connectivity index (χ1n) is 5.44. The van der Waals surface area contributed by atoms with Crippen LogP contribution in [0.2, 0.25) is 0 Å². The van der Waals surface area contributed by atoms with E-state index in [1.54, 1.807) is 12.3 Å². The molecule has 0 amide bonds. The predicted octanol–water partition coefficient (Wildman–Crippen LogP) is 3.28. The molecular formula is C13H11BrN4. The topological polar surface area (TPSA) is 61.6 Å². The molecule has 0 saturated carbocycles. The Balaban J connectivity index is 2.13. The van der Waals surface area contributed by atoms with Gasteiger partial charge < -0.3 is 5.32 Å². The molecular weight excluding hydrogens is 292 g/mol. The lowest BCUT2D eigenvalue weighted by molar-refractivity contribution is 0.859. The largest absolute Gasteiger partial charge is 0.348 e. The fourth-order valence-corrected chi connectivity index (χ4v) is 1.78. The number of aromatic nitrogens is 2. The van der Waals surface area contributed by atoms with E-state index in [0.29, 0.717) is 11.6 Å². The van der Waals surface area contributed by atoms with Gasteiger partial charge >= 0.3 is 0 Å². The van der Waals surface area contributed by atoms with Gasteiger partial charge in [0.1, 0.15) is 11.8 Å². The van der Waals surface area contributed by atoms with E-state index >= 15 is 0 Å². The molecule has 0 aliphatic carbocycles. The molecule has 0 bridgehead atoms. The van der Waals surface area contributed by atoms with Gasteiger partial charge in [0.05, 0.1) is 6.04 Å². The Hall–Kier alpha value is -1.93. The monoisotopic (exact) mass is 302 g/mol. The molecule has 4 nitrogen and oxygen atoms in total. The first kappa shape index (κ1) is 12.5. The molecule has 1 aromatic heterocycles. The predicted molar refractivity (Wildman–Crippen MR) is 72.9 cm³/mol. The minimum Gasteiger partial charge on any atom is -0.348 e. The van der Waals surface area contributed by atoms with Crippen molar-refractivity contribution in [1.82, 2.24) is 9.97 Å². The zero-order valence-corrected chi connectivity index (χ0v) is 11.3. The highest BCUT2D eigenvalue weighted by Crippen LogP contribution is 2.19. The number of nitrogens with one attached hydrogen (secondary N) is 1. The van der Waals surface area contributed by atoms with Crippen LogP contribution in [0.3, 0.4) is 0 Å². The molecule has 18 heavy (non-hydrogen) atoms. The summed E-state index contributed by atoms with van der Waals surface area (Å²) in [5.74, 6) is 0.462. The quantitative estimate of drug-likeness (QED) is 0.945. The van der Waals surface area contributed by atoms with Gasteiger partial charge in [-0.3, -0.25) is 0 Å². The van der Waals surface area contributed by atoms with Crippen molar-refractivity contribution in [3.8, 4) is 6.07 Å². The normalized spacial score (nSPS) is 11.6. The molecule has 90 valence electrons. The van der Waals surface area contributed by atoms with Crippen LogP contribution >= 0.6 is 15.9 Å². The number of nitrogens with zero attached hydrogens (tertiary/aromatic N) is 3. The van der Waals surface area contributed by atoms with Gasteiger partial charge in [0.15, 0.2) is 0 Å². The lowest BCUT2D eigenvalue weighted by Crippen LogP contribution is -2.09. The van der Waals surface area contributed by atoms with Crippen molar-refractivity contribution in [3.05, 3.63) is 52.3 Å². The van der Waals surface area contributed by atoms with Crippen LogP contribution in [0.1, 0.15) is 24.2 Å². The highest BCUT2D eigenvalue weighted by Gasteiger charge is 2.07. The summed E-state index contributed by atoms with van der Waals surface area (Å²) >= 11 is 3.40. The van der Waals surface area contributed by atoms with Crippen LogP contribution in [0, 0.1) is 11.3 Å². The highest BCUT2D eigenvalue weighted by atomic mass is 79.9. The summed E-state index contributed by atoms with van der Waals surface area (Å²) < 4.78 is 1.04. The third kappa shape index (κ3) is 3.05. The summed E-state index contributed by atoms with van der Waals surface area (Å²) in [7, 11) is 0. The van der Waals surface area contributed by atoms with Gasteiger partial charge in [-0.15, -0.1) is 0 Å². The first-order chi connectivity index (χ1) is 8.69. The molecule has 0 aliphatic heterocycles. The van der Waals surface area contributed by atoms with E-state index in [2.05, 4.69) is 31.2 Å². The molecule has 2 rings (SSSR count). The summed E-state index contributed by atoms with van der Waals surface area (Å²) in [4.78, 5) is 8.17. The zero-order chi connectivity index (χ0) is 13.0. The molecule has 1 atom stereocenters. The number of hydrogen-bond acceptors (Lipinski definition) is 4. The SMILES string of the molecule is CC(Nc1nccc(C#N)n1)c1ccc(Br)cc1. The maximum Gasteiger partial charge on any atom is 0.224 e. The van der Waals surface area contributed by atoms with Crippen molar-refractivity contribution in [1.29, 1.82) is 5.26 Å². The van der Waals surface area contributed by atoms with Gasteiger partial charge in [-0.1, -0.05) is 28.1 Å². The van der Waals surface area contributed by atoms with Crippen LogP contribution in [-0.2, 0) is 0 Å². The van der Waals surface area contributed by atoms with Crippen LogP contribution in [0.5, 0.6) is 0 Å². The maximum atomic E-state index is 8.77. The lowest BCUT2D eigenvalue weighted by Gasteiger charge is -2.14. The van der Waals surface area contributed by atoms with Crippen molar-refractivity contribution in [2.45, 2.75) is 13.0 Å². The van der Waals surface area contributed by atoms with Gasteiger partial charge in [-0.25, -0.2) is 9.97 Å². The summed E-state index contributed by atoms with van der Waals surface area (Å²) in [5, 5.41) is 11.9. The molecule has 0 fully saturated rings. The van der Waals surface area contributed by atoms with Crippen LogP contribution in [0.15, 0.2) is 41.0 Å². The minimum atomic E-state index is 0.0760. The van der Waals surface area contributed by atoms with E-state index in [9.17, 15) is 0 Å². The lowest BCUT2D eigenvalue weighted by atomic mass is 10.1. The molecule has 5 heteroatoms. The first-order valence-corrected chi connectivity index (χ1v) is 6.23. The third-order valence-electron chi connectivity index (χ3n) is 2.49. The Kier molecular flexibility index (Phi) is 3.90. The summed E-state index contributed by atoms with van der Waals surface area (Å²) in [6.07, 6.45) is 1.57. The Morgan fingerprint density at radius 2 is 2.00 bits per heavy atom. The smallest absolute Gasteiger partial charge is 0.224 e. The van der Waals surface area contributed by atoms with Gasteiger partial charge in [0.25, 0.3) is 0 Å². The van der Waals surface area contributed by atoms with Gasteiger partial charge in [0, 0.05) is 10.7 Å². The minimum absolute atomic E-state index is 0.0760. The number of benzene rings is 1. The highest BCUT2D eigenvalue weighted by molar-refractivity contribution is 9.10. The van der Waals surface area contributed by atoms with E-state index in [1.807, 2.05) is 37.3 Å². The van der Waals surface area contributed by atoms with E-state index < -0.39 is 0 Å². The molecule has 0 spiro atoms. The summed E-state index contributed by atoms with van der Waals surface area (Å²) in [6.45, 7) is 2.02. The fraction of sp³-hybridized carbons (Fsp3) is 0.154. The average molecular weight is 303 g/mol. The number of hydrogen-bond donors (Lipinski definition) is 1. The molecule has 1 N–H and O–H groups in total. The fourth-order valence-electron chi connectivity index (χ4n) is 1.52. The van der Waals surface area contributed by atoms with Crippen LogP contribution < -0.4 is 5.32 Å². The second kappa shape index (κ2) is 5.61. The standard InChI is InChI=1S/C13H11BrN4/c1-9(10-2-4-11(14)5-3-10)17-13-16-7-6-12(8-15)18-13/h2-7,9H,1H3,(H,16,17,18). The summed E-state index contributed by atoms with van der Waals surface area (Å²) in [5.41, 5.74) is 1.49. The van der Waals surface area contributed by atoms with Gasteiger partial charge in [-0.2, -0.15) is 5.26 Å². The maximum absolute atomic E-state index is 8.77. The number of anilines is 1. The molecule has 0 radical (unpaired) electrons. The van der Waals surface area contributed by atoms with Crippen LogP contribution in [-0.4, -0.2) is 9.97 Å². The Morgan fingerprint density at radius 1 is 1.28 bits per heavy atom. The molecule has 0 aliphatic rings. The third-order valence-corrected chi connectivity index (χ3v) is 3.01. The van der Waals surface area contributed by atoms with Crippen molar-refractivity contribution >= 4 is 21.9 Å². The number of halogens is 1. The Morgan fingerprint density at radius 3 is 2.67 bits per heavy atom. The van der Waals surface area contributed by atoms with Crippen molar-refractivity contribution in [2.24, 2.45) is 0 Å². The van der Waals surface area contributed by atoms with E-state index in [4.69, 9.17) is 5.26 Å². The van der Waals surface area contributed by atoms with Gasteiger partial charge in [0.2, 0.25) is 5.95 Å². The van der Waals surface area contributed by atoms with Crippen LogP contribution in [0.4, 0.5) is 5.95 Å². The molecule has 1 unspecified atom stereocenters. The molecule has 0 saturated heterocycles. The Labute approximate surface area is 114 Å². The second-order valence-electron chi connectivity index (χ2n) is 3.79.